The van der Waals surface area contributed by atoms with E-state index in [-0.39, 0.29) is 11.4 Å². The molecule has 1 heterocycles. The highest BCUT2D eigenvalue weighted by molar-refractivity contribution is 6.32. The summed E-state index contributed by atoms with van der Waals surface area (Å²) >= 11 is 6.34. The van der Waals surface area contributed by atoms with Crippen molar-refractivity contribution >= 4 is 17.5 Å². The van der Waals surface area contributed by atoms with E-state index in [0.717, 1.165) is 18.5 Å². The molecule has 0 saturated carbocycles. The van der Waals surface area contributed by atoms with Crippen LogP contribution >= 0.6 is 11.6 Å². The quantitative estimate of drug-likeness (QED) is 0.882. The van der Waals surface area contributed by atoms with E-state index >= 15 is 0 Å². The van der Waals surface area contributed by atoms with E-state index in [1.54, 1.807) is 0 Å². The molecule has 6 heteroatoms. The fraction of sp³-hybridized carbons (Fsp3) is 0.611. The Kier molecular flexibility index (Phi) is 6.35. The van der Waals surface area contributed by atoms with Gasteiger partial charge in [-0.15, -0.1) is 0 Å². The summed E-state index contributed by atoms with van der Waals surface area (Å²) in [4.78, 5) is 14.2. The monoisotopic (exact) mass is 354 g/mol. The second-order valence-corrected chi connectivity index (χ2v) is 7.46. The van der Waals surface area contributed by atoms with Gasteiger partial charge >= 0.3 is 0 Å². The third-order valence-corrected chi connectivity index (χ3v) is 3.88. The number of ether oxygens (including phenoxy) is 2. The maximum Gasteiger partial charge on any atom is 0.234 e. The number of nitrogens with one attached hydrogen (secondary N) is 1. The lowest BCUT2D eigenvalue weighted by atomic mass is 10.1. The molecule has 0 aliphatic carbocycles. The SMILES string of the molecule is CCN(CC(=O)NC(C)(C)C)Cc1cc(Cl)c2c(c1)OCCCO2. The van der Waals surface area contributed by atoms with Crippen molar-refractivity contribution in [3.63, 3.8) is 0 Å². The molecule has 1 aromatic rings. The van der Waals surface area contributed by atoms with Gasteiger partial charge in [0.1, 0.15) is 0 Å². The Bertz CT molecular complexity index is 584. The molecule has 0 atom stereocenters. The van der Waals surface area contributed by atoms with Crippen molar-refractivity contribution in [2.45, 2.75) is 46.2 Å². The van der Waals surface area contributed by atoms with E-state index in [2.05, 4.69) is 10.2 Å². The highest BCUT2D eigenvalue weighted by atomic mass is 35.5. The van der Waals surface area contributed by atoms with Crippen molar-refractivity contribution in [1.29, 1.82) is 0 Å². The first-order valence-corrected chi connectivity index (χ1v) is 8.77. The molecule has 134 valence electrons. The summed E-state index contributed by atoms with van der Waals surface area (Å²) in [6.45, 7) is 10.9. The number of fused-ring (bicyclic) bond motifs is 1. The molecule has 0 unspecified atom stereocenters. The minimum atomic E-state index is -0.227. The zero-order valence-corrected chi connectivity index (χ0v) is 15.7. The van der Waals surface area contributed by atoms with Gasteiger partial charge in [0.15, 0.2) is 11.5 Å². The van der Waals surface area contributed by atoms with Crippen LogP contribution in [0.3, 0.4) is 0 Å². The Morgan fingerprint density at radius 2 is 2.00 bits per heavy atom. The average Bonchev–Trinajstić information content (AvgIpc) is 2.70. The van der Waals surface area contributed by atoms with Crippen LogP contribution in [0.4, 0.5) is 0 Å². The Morgan fingerprint density at radius 3 is 2.67 bits per heavy atom. The molecule has 24 heavy (non-hydrogen) atoms. The van der Waals surface area contributed by atoms with E-state index < -0.39 is 0 Å². The summed E-state index contributed by atoms with van der Waals surface area (Å²) in [7, 11) is 0. The first-order chi connectivity index (χ1) is 11.3. The Balaban J connectivity index is 2.06. The molecular weight excluding hydrogens is 328 g/mol. The summed E-state index contributed by atoms with van der Waals surface area (Å²) < 4.78 is 11.4. The molecule has 1 aliphatic heterocycles. The van der Waals surface area contributed by atoms with Gasteiger partial charge in [0.25, 0.3) is 0 Å². The average molecular weight is 355 g/mol. The molecule has 0 radical (unpaired) electrons. The zero-order chi connectivity index (χ0) is 17.7. The number of carbonyl (C=O) groups excluding carboxylic acids is 1. The first kappa shape index (κ1) is 18.9. The second-order valence-electron chi connectivity index (χ2n) is 7.06. The van der Waals surface area contributed by atoms with Crippen molar-refractivity contribution in [3.05, 3.63) is 22.7 Å². The van der Waals surface area contributed by atoms with Gasteiger partial charge in [0.05, 0.1) is 24.8 Å². The number of carbonyl (C=O) groups is 1. The summed E-state index contributed by atoms with van der Waals surface area (Å²) in [5.41, 5.74) is 0.782. The van der Waals surface area contributed by atoms with E-state index in [1.165, 1.54) is 0 Å². The molecule has 1 aromatic carbocycles. The van der Waals surface area contributed by atoms with E-state index in [4.69, 9.17) is 21.1 Å². The number of amides is 1. The van der Waals surface area contributed by atoms with Crippen molar-refractivity contribution in [2.24, 2.45) is 0 Å². The topological polar surface area (TPSA) is 50.8 Å². The van der Waals surface area contributed by atoms with Crippen LogP contribution in [0.2, 0.25) is 5.02 Å². The second kappa shape index (κ2) is 8.08. The van der Waals surface area contributed by atoms with Crippen LogP contribution in [0, 0.1) is 0 Å². The van der Waals surface area contributed by atoms with Gasteiger partial charge in [-0.05, 0) is 45.0 Å². The first-order valence-electron chi connectivity index (χ1n) is 8.40. The minimum absolute atomic E-state index is 0.0183. The van der Waals surface area contributed by atoms with Crippen LogP contribution < -0.4 is 14.8 Å². The summed E-state index contributed by atoms with van der Waals surface area (Å²) in [5.74, 6) is 1.32. The molecule has 0 spiro atoms. The smallest absolute Gasteiger partial charge is 0.234 e. The van der Waals surface area contributed by atoms with Crippen LogP contribution in [0.15, 0.2) is 12.1 Å². The summed E-state index contributed by atoms with van der Waals surface area (Å²) in [6.07, 6.45) is 0.842. The number of hydrogen-bond acceptors (Lipinski definition) is 4. The molecule has 2 rings (SSSR count). The van der Waals surface area contributed by atoms with Crippen molar-refractivity contribution in [1.82, 2.24) is 10.2 Å². The van der Waals surface area contributed by atoms with Gasteiger partial charge in [0.2, 0.25) is 5.91 Å². The predicted molar refractivity (Wildman–Crippen MR) is 95.9 cm³/mol. The minimum Gasteiger partial charge on any atom is -0.489 e. The molecule has 0 saturated heterocycles. The Hall–Kier alpha value is -1.46. The van der Waals surface area contributed by atoms with Gasteiger partial charge in [0, 0.05) is 18.5 Å². The molecule has 5 nitrogen and oxygen atoms in total. The van der Waals surface area contributed by atoms with Gasteiger partial charge in [-0.2, -0.15) is 0 Å². The molecule has 1 N–H and O–H groups in total. The largest absolute Gasteiger partial charge is 0.489 e. The molecule has 1 amide bonds. The zero-order valence-electron chi connectivity index (χ0n) is 14.9. The van der Waals surface area contributed by atoms with Gasteiger partial charge < -0.3 is 14.8 Å². The fourth-order valence-corrected chi connectivity index (χ4v) is 2.86. The van der Waals surface area contributed by atoms with Crippen LogP contribution in [-0.4, -0.2) is 42.6 Å². The van der Waals surface area contributed by atoms with Crippen molar-refractivity contribution < 1.29 is 14.3 Å². The fourth-order valence-electron chi connectivity index (χ4n) is 2.57. The Labute approximate surface area is 149 Å². The van der Waals surface area contributed by atoms with Crippen molar-refractivity contribution in [3.8, 4) is 11.5 Å². The number of likely N-dealkylation sites (N-methyl/N-ethyl adjacent to an activating group) is 1. The van der Waals surface area contributed by atoms with E-state index in [9.17, 15) is 4.79 Å². The number of benzene rings is 1. The normalized spacial score (nSPS) is 14.4. The highest BCUT2D eigenvalue weighted by Gasteiger charge is 2.19. The third kappa shape index (κ3) is 5.56. The lowest BCUT2D eigenvalue weighted by Crippen LogP contribution is -2.45. The number of hydrogen-bond donors (Lipinski definition) is 1. The number of rotatable bonds is 5. The number of nitrogens with zero attached hydrogens (tertiary/aromatic N) is 1. The molecular formula is C18H27ClN2O3. The van der Waals surface area contributed by atoms with Crippen LogP contribution in [0.25, 0.3) is 0 Å². The van der Waals surface area contributed by atoms with Crippen LogP contribution in [-0.2, 0) is 11.3 Å². The summed E-state index contributed by atoms with van der Waals surface area (Å²) in [5, 5.41) is 3.54. The number of halogens is 1. The third-order valence-electron chi connectivity index (χ3n) is 3.60. The molecule has 0 fully saturated rings. The highest BCUT2D eigenvalue weighted by Crippen LogP contribution is 2.38. The lowest BCUT2D eigenvalue weighted by molar-refractivity contribution is -0.123. The lowest BCUT2D eigenvalue weighted by Gasteiger charge is -2.25. The Morgan fingerprint density at radius 1 is 1.29 bits per heavy atom. The summed E-state index contributed by atoms with van der Waals surface area (Å²) in [6, 6.07) is 3.84. The molecule has 0 bridgehead atoms. The van der Waals surface area contributed by atoms with E-state index in [0.29, 0.717) is 42.8 Å². The predicted octanol–water partition coefficient (Wildman–Crippen LogP) is 3.24. The molecule has 1 aliphatic rings. The van der Waals surface area contributed by atoms with E-state index in [1.807, 2.05) is 39.8 Å². The molecule has 0 aromatic heterocycles. The van der Waals surface area contributed by atoms with Crippen molar-refractivity contribution in [2.75, 3.05) is 26.3 Å². The van der Waals surface area contributed by atoms with Crippen LogP contribution in [0.5, 0.6) is 11.5 Å². The van der Waals surface area contributed by atoms with Gasteiger partial charge in [-0.25, -0.2) is 0 Å². The maximum absolute atomic E-state index is 12.1. The van der Waals surface area contributed by atoms with Gasteiger partial charge in [-0.1, -0.05) is 18.5 Å². The van der Waals surface area contributed by atoms with Crippen LogP contribution in [0.1, 0.15) is 39.7 Å². The standard InChI is InChI=1S/C18H27ClN2O3/c1-5-21(12-16(22)20-18(2,3)4)11-13-9-14(19)17-15(10-13)23-7-6-8-24-17/h9-10H,5-8,11-12H2,1-4H3,(H,20,22). The maximum atomic E-state index is 12.1. The van der Waals surface area contributed by atoms with Gasteiger partial charge in [-0.3, -0.25) is 9.69 Å².